The summed E-state index contributed by atoms with van der Waals surface area (Å²) in [6.45, 7) is 0. The Balaban J connectivity index is 2.20. The zero-order valence-corrected chi connectivity index (χ0v) is 9.93. The Labute approximate surface area is 97.1 Å². The van der Waals surface area contributed by atoms with E-state index in [9.17, 15) is 4.39 Å². The summed E-state index contributed by atoms with van der Waals surface area (Å²) in [4.78, 5) is 0. The summed E-state index contributed by atoms with van der Waals surface area (Å²) in [6, 6.07) is 5.10. The molecule has 1 aliphatic rings. The van der Waals surface area contributed by atoms with Crippen LogP contribution in [-0.4, -0.2) is 0 Å². The molecule has 1 saturated carbocycles. The minimum absolute atomic E-state index is 0.0441. The van der Waals surface area contributed by atoms with Crippen LogP contribution in [0.25, 0.3) is 0 Å². The zero-order valence-electron chi connectivity index (χ0n) is 8.34. The van der Waals surface area contributed by atoms with Crippen molar-refractivity contribution in [1.82, 2.24) is 5.43 Å². The van der Waals surface area contributed by atoms with E-state index in [4.69, 9.17) is 5.84 Å². The van der Waals surface area contributed by atoms with Gasteiger partial charge in [0, 0.05) is 6.04 Å². The molecule has 0 amide bonds. The Morgan fingerprint density at radius 2 is 2.27 bits per heavy atom. The highest BCUT2D eigenvalue weighted by Crippen LogP contribution is 2.39. The van der Waals surface area contributed by atoms with Crippen LogP contribution in [0.2, 0.25) is 0 Å². The van der Waals surface area contributed by atoms with Gasteiger partial charge in [-0.3, -0.25) is 11.3 Å². The lowest BCUT2D eigenvalue weighted by Crippen LogP contribution is -2.28. The molecular formula is C11H14BrFN2. The normalized spacial score (nSPS) is 17.8. The number of benzene rings is 1. The molecule has 1 atom stereocenters. The van der Waals surface area contributed by atoms with E-state index in [2.05, 4.69) is 21.4 Å². The third kappa shape index (κ3) is 2.56. The fourth-order valence-corrected chi connectivity index (χ4v) is 2.30. The van der Waals surface area contributed by atoms with Gasteiger partial charge in [-0.15, -0.1) is 0 Å². The van der Waals surface area contributed by atoms with Crippen LogP contribution in [0.3, 0.4) is 0 Å². The molecule has 1 fully saturated rings. The molecule has 0 aromatic heterocycles. The average Bonchev–Trinajstić information content (AvgIpc) is 3.03. The molecule has 2 nitrogen and oxygen atoms in total. The molecule has 1 aromatic rings. The third-order valence-electron chi connectivity index (χ3n) is 2.82. The summed E-state index contributed by atoms with van der Waals surface area (Å²) in [5.41, 5.74) is 3.67. The minimum atomic E-state index is -0.233. The van der Waals surface area contributed by atoms with Crippen LogP contribution in [0.15, 0.2) is 22.7 Å². The number of halogens is 2. The molecule has 0 heterocycles. The summed E-state index contributed by atoms with van der Waals surface area (Å²) in [7, 11) is 0. The SMILES string of the molecule is NNC(CC1CC1)c1cccc(F)c1Br. The topological polar surface area (TPSA) is 38.0 Å². The second-order valence-electron chi connectivity index (χ2n) is 4.04. The van der Waals surface area contributed by atoms with Crippen LogP contribution >= 0.6 is 15.9 Å². The first-order valence-electron chi connectivity index (χ1n) is 5.12. The molecule has 15 heavy (non-hydrogen) atoms. The Hall–Kier alpha value is -0.450. The van der Waals surface area contributed by atoms with E-state index in [1.165, 1.54) is 18.9 Å². The van der Waals surface area contributed by atoms with E-state index < -0.39 is 0 Å². The number of rotatable bonds is 4. The molecule has 3 N–H and O–H groups in total. The fourth-order valence-electron chi connectivity index (χ4n) is 1.76. The van der Waals surface area contributed by atoms with Crippen molar-refractivity contribution in [1.29, 1.82) is 0 Å². The summed E-state index contributed by atoms with van der Waals surface area (Å²) in [6.07, 6.45) is 3.52. The quantitative estimate of drug-likeness (QED) is 0.654. The first-order valence-corrected chi connectivity index (χ1v) is 5.91. The molecule has 0 saturated heterocycles. The fraction of sp³-hybridized carbons (Fsp3) is 0.455. The molecule has 1 unspecified atom stereocenters. The van der Waals surface area contributed by atoms with E-state index >= 15 is 0 Å². The number of hydrazine groups is 1. The standard InChI is InChI=1S/C11H14BrFN2/c12-11-8(2-1-3-9(11)13)10(15-14)6-7-4-5-7/h1-3,7,10,15H,4-6,14H2. The van der Waals surface area contributed by atoms with Crippen LogP contribution in [-0.2, 0) is 0 Å². The molecule has 1 aliphatic carbocycles. The van der Waals surface area contributed by atoms with Crippen LogP contribution in [0.5, 0.6) is 0 Å². The Kier molecular flexibility index (Phi) is 3.38. The maximum absolute atomic E-state index is 13.3. The van der Waals surface area contributed by atoms with Gasteiger partial charge in [0.1, 0.15) is 5.82 Å². The molecular weight excluding hydrogens is 259 g/mol. The number of nitrogens with two attached hydrogens (primary N) is 1. The average molecular weight is 273 g/mol. The van der Waals surface area contributed by atoms with E-state index in [0.717, 1.165) is 17.9 Å². The summed E-state index contributed by atoms with van der Waals surface area (Å²) >= 11 is 3.26. The largest absolute Gasteiger partial charge is 0.271 e. The zero-order chi connectivity index (χ0) is 10.8. The van der Waals surface area contributed by atoms with Crippen molar-refractivity contribution in [2.45, 2.75) is 25.3 Å². The monoisotopic (exact) mass is 272 g/mol. The van der Waals surface area contributed by atoms with Gasteiger partial charge in [0.15, 0.2) is 0 Å². The molecule has 0 aliphatic heterocycles. The second kappa shape index (κ2) is 4.60. The van der Waals surface area contributed by atoms with Crippen molar-refractivity contribution in [3.05, 3.63) is 34.1 Å². The minimum Gasteiger partial charge on any atom is -0.271 e. The van der Waals surface area contributed by atoms with E-state index in [1.54, 1.807) is 6.07 Å². The van der Waals surface area contributed by atoms with Crippen LogP contribution < -0.4 is 11.3 Å². The third-order valence-corrected chi connectivity index (χ3v) is 3.66. The highest BCUT2D eigenvalue weighted by Gasteiger charge is 2.27. The van der Waals surface area contributed by atoms with Crippen molar-refractivity contribution in [2.75, 3.05) is 0 Å². The Morgan fingerprint density at radius 3 is 2.87 bits per heavy atom. The van der Waals surface area contributed by atoms with Gasteiger partial charge >= 0.3 is 0 Å². The van der Waals surface area contributed by atoms with Gasteiger partial charge in [0.2, 0.25) is 0 Å². The maximum atomic E-state index is 13.3. The van der Waals surface area contributed by atoms with Gasteiger partial charge in [-0.25, -0.2) is 4.39 Å². The lowest BCUT2D eigenvalue weighted by atomic mass is 10.0. The summed E-state index contributed by atoms with van der Waals surface area (Å²) in [5.74, 6) is 6.02. The summed E-state index contributed by atoms with van der Waals surface area (Å²) < 4.78 is 13.8. The van der Waals surface area contributed by atoms with Crippen LogP contribution in [0.4, 0.5) is 4.39 Å². The lowest BCUT2D eigenvalue weighted by Gasteiger charge is -2.17. The van der Waals surface area contributed by atoms with Crippen molar-refractivity contribution < 1.29 is 4.39 Å². The van der Waals surface area contributed by atoms with Crippen molar-refractivity contribution in [2.24, 2.45) is 11.8 Å². The Bertz CT molecular complexity index is 352. The van der Waals surface area contributed by atoms with Crippen LogP contribution in [0, 0.1) is 11.7 Å². The highest BCUT2D eigenvalue weighted by atomic mass is 79.9. The van der Waals surface area contributed by atoms with Gasteiger partial charge in [0.05, 0.1) is 4.47 Å². The molecule has 1 aromatic carbocycles. The molecule has 82 valence electrons. The first kappa shape index (κ1) is 11.0. The first-order chi connectivity index (χ1) is 7.22. The van der Waals surface area contributed by atoms with E-state index in [-0.39, 0.29) is 11.9 Å². The number of hydrogen-bond acceptors (Lipinski definition) is 2. The van der Waals surface area contributed by atoms with E-state index in [1.807, 2.05) is 6.07 Å². The lowest BCUT2D eigenvalue weighted by molar-refractivity contribution is 0.481. The molecule has 4 heteroatoms. The molecule has 0 spiro atoms. The van der Waals surface area contributed by atoms with Crippen LogP contribution in [0.1, 0.15) is 30.9 Å². The molecule has 0 radical (unpaired) electrons. The molecule has 0 bridgehead atoms. The van der Waals surface area contributed by atoms with Gasteiger partial charge in [-0.05, 0) is 39.9 Å². The molecule has 2 rings (SSSR count). The van der Waals surface area contributed by atoms with Gasteiger partial charge < -0.3 is 0 Å². The highest BCUT2D eigenvalue weighted by molar-refractivity contribution is 9.10. The summed E-state index contributed by atoms with van der Waals surface area (Å²) in [5, 5.41) is 0. The van der Waals surface area contributed by atoms with Gasteiger partial charge in [0.25, 0.3) is 0 Å². The van der Waals surface area contributed by atoms with E-state index in [0.29, 0.717) is 4.47 Å². The smallest absolute Gasteiger partial charge is 0.137 e. The van der Waals surface area contributed by atoms with Gasteiger partial charge in [-0.1, -0.05) is 25.0 Å². The van der Waals surface area contributed by atoms with Crippen molar-refractivity contribution >= 4 is 15.9 Å². The van der Waals surface area contributed by atoms with Crippen molar-refractivity contribution in [3.63, 3.8) is 0 Å². The van der Waals surface area contributed by atoms with Gasteiger partial charge in [-0.2, -0.15) is 0 Å². The number of nitrogens with one attached hydrogen (secondary N) is 1. The maximum Gasteiger partial charge on any atom is 0.137 e. The van der Waals surface area contributed by atoms with Crippen molar-refractivity contribution in [3.8, 4) is 0 Å². The number of hydrogen-bond donors (Lipinski definition) is 2. The Morgan fingerprint density at radius 1 is 1.53 bits per heavy atom. The predicted octanol–water partition coefficient (Wildman–Crippen LogP) is 2.89. The second-order valence-corrected chi connectivity index (χ2v) is 4.83. The predicted molar refractivity (Wildman–Crippen MR) is 61.5 cm³/mol.